The van der Waals surface area contributed by atoms with Crippen LogP contribution in [0.2, 0.25) is 0 Å². The Balaban J connectivity index is 1.55. The maximum absolute atomic E-state index is 11.6. The van der Waals surface area contributed by atoms with E-state index in [0.29, 0.717) is 23.5 Å². The molecule has 1 atom stereocenters. The van der Waals surface area contributed by atoms with E-state index in [2.05, 4.69) is 45.5 Å². The van der Waals surface area contributed by atoms with E-state index in [1.165, 1.54) is 5.56 Å². The van der Waals surface area contributed by atoms with Gasteiger partial charge in [0.2, 0.25) is 0 Å². The molecule has 1 N–H and O–H groups in total. The van der Waals surface area contributed by atoms with Gasteiger partial charge in [-0.15, -0.1) is 0 Å². The summed E-state index contributed by atoms with van der Waals surface area (Å²) in [6.45, 7) is 2.05. The van der Waals surface area contributed by atoms with Crippen LogP contribution in [0.1, 0.15) is 37.7 Å². The number of halogens is 1. The predicted molar refractivity (Wildman–Crippen MR) is 84.7 cm³/mol. The van der Waals surface area contributed by atoms with E-state index in [4.69, 9.17) is 0 Å². The Labute approximate surface area is 129 Å². The van der Waals surface area contributed by atoms with Gasteiger partial charge >= 0.3 is 0 Å². The molecule has 1 aromatic rings. The molecule has 3 nitrogen and oxygen atoms in total. The molecule has 110 valence electrons. The van der Waals surface area contributed by atoms with Crippen molar-refractivity contribution in [3.8, 4) is 0 Å². The van der Waals surface area contributed by atoms with E-state index < -0.39 is 9.84 Å². The number of benzene rings is 1. The SMILES string of the molecule is CC1(NC2CC(c3ccc(Br)cc3)C2)CCS(=O)(=O)C1. The first kappa shape index (κ1) is 14.5. The summed E-state index contributed by atoms with van der Waals surface area (Å²) < 4.78 is 24.3. The molecule has 1 saturated heterocycles. The Morgan fingerprint density at radius 3 is 2.45 bits per heavy atom. The van der Waals surface area contributed by atoms with Gasteiger partial charge in [-0.2, -0.15) is 0 Å². The summed E-state index contributed by atoms with van der Waals surface area (Å²) in [5.74, 6) is 1.24. The molecule has 20 heavy (non-hydrogen) atoms. The van der Waals surface area contributed by atoms with Crippen LogP contribution in [0.3, 0.4) is 0 Å². The molecule has 2 fully saturated rings. The van der Waals surface area contributed by atoms with E-state index in [1.807, 2.05) is 6.92 Å². The number of rotatable bonds is 3. The topological polar surface area (TPSA) is 46.2 Å². The van der Waals surface area contributed by atoms with Crippen LogP contribution >= 0.6 is 15.9 Å². The van der Waals surface area contributed by atoms with Crippen molar-refractivity contribution in [2.75, 3.05) is 11.5 Å². The van der Waals surface area contributed by atoms with E-state index in [1.54, 1.807) is 0 Å². The lowest BCUT2D eigenvalue weighted by atomic mass is 9.75. The van der Waals surface area contributed by atoms with Crippen molar-refractivity contribution in [1.29, 1.82) is 0 Å². The third-order valence-electron chi connectivity index (χ3n) is 4.54. The minimum Gasteiger partial charge on any atom is -0.308 e. The monoisotopic (exact) mass is 357 g/mol. The fraction of sp³-hybridized carbons (Fsp3) is 0.600. The smallest absolute Gasteiger partial charge is 0.152 e. The van der Waals surface area contributed by atoms with Crippen LogP contribution < -0.4 is 5.32 Å². The minimum absolute atomic E-state index is 0.214. The highest BCUT2D eigenvalue weighted by molar-refractivity contribution is 9.10. The van der Waals surface area contributed by atoms with Crippen molar-refractivity contribution >= 4 is 25.8 Å². The van der Waals surface area contributed by atoms with Gasteiger partial charge in [-0.05, 0) is 49.8 Å². The highest BCUT2D eigenvalue weighted by Crippen LogP contribution is 2.39. The lowest BCUT2D eigenvalue weighted by molar-refractivity contribution is 0.227. The minimum atomic E-state index is -2.82. The molecular formula is C15H20BrNO2S. The Kier molecular flexibility index (Phi) is 3.72. The number of sulfone groups is 1. The van der Waals surface area contributed by atoms with Crippen LogP contribution in [-0.4, -0.2) is 31.5 Å². The van der Waals surface area contributed by atoms with Crippen molar-refractivity contribution in [1.82, 2.24) is 5.32 Å². The van der Waals surface area contributed by atoms with Crippen LogP contribution in [0.4, 0.5) is 0 Å². The average molecular weight is 358 g/mol. The van der Waals surface area contributed by atoms with Gasteiger partial charge in [0.1, 0.15) is 0 Å². The molecule has 1 aliphatic heterocycles. The average Bonchev–Trinajstić information content (AvgIpc) is 2.60. The summed E-state index contributed by atoms with van der Waals surface area (Å²) in [7, 11) is -2.82. The maximum Gasteiger partial charge on any atom is 0.152 e. The molecule has 5 heteroatoms. The lowest BCUT2D eigenvalue weighted by Crippen LogP contribution is -2.53. The second-order valence-corrected chi connectivity index (χ2v) is 9.56. The van der Waals surface area contributed by atoms with Gasteiger partial charge in [-0.1, -0.05) is 28.1 Å². The zero-order chi connectivity index (χ0) is 14.4. The highest BCUT2D eigenvalue weighted by Gasteiger charge is 2.42. The summed E-state index contributed by atoms with van der Waals surface area (Å²) in [5, 5.41) is 3.57. The van der Waals surface area contributed by atoms with Gasteiger partial charge in [0.15, 0.2) is 9.84 Å². The van der Waals surface area contributed by atoms with Gasteiger partial charge in [-0.3, -0.25) is 0 Å². The van der Waals surface area contributed by atoms with Gasteiger partial charge in [0, 0.05) is 16.1 Å². The summed E-state index contributed by atoms with van der Waals surface area (Å²) >= 11 is 3.45. The fourth-order valence-electron chi connectivity index (χ4n) is 3.36. The van der Waals surface area contributed by atoms with Crippen molar-refractivity contribution in [3.05, 3.63) is 34.3 Å². The van der Waals surface area contributed by atoms with Crippen molar-refractivity contribution < 1.29 is 8.42 Å². The fourth-order valence-corrected chi connectivity index (χ4v) is 5.73. The molecule has 2 aliphatic rings. The molecule has 0 bridgehead atoms. The Bertz CT molecular complexity index is 593. The van der Waals surface area contributed by atoms with Gasteiger partial charge < -0.3 is 5.32 Å². The Morgan fingerprint density at radius 2 is 1.90 bits per heavy atom. The zero-order valence-corrected chi connectivity index (χ0v) is 14.0. The third-order valence-corrected chi connectivity index (χ3v) is 6.97. The van der Waals surface area contributed by atoms with Crippen LogP contribution in [0.5, 0.6) is 0 Å². The molecule has 1 aromatic carbocycles. The Morgan fingerprint density at radius 1 is 1.25 bits per heavy atom. The molecule has 0 radical (unpaired) electrons. The summed E-state index contributed by atoms with van der Waals surface area (Å²) in [6.07, 6.45) is 2.96. The first-order valence-corrected chi connectivity index (χ1v) is 9.70. The molecule has 0 amide bonds. The first-order chi connectivity index (χ1) is 9.35. The van der Waals surface area contributed by atoms with Crippen LogP contribution in [-0.2, 0) is 9.84 Å². The predicted octanol–water partition coefficient (Wildman–Crippen LogP) is 2.86. The summed E-state index contributed by atoms with van der Waals surface area (Å²) in [4.78, 5) is 0. The van der Waals surface area contributed by atoms with E-state index in [-0.39, 0.29) is 5.54 Å². The normalized spacial score (nSPS) is 35.7. The first-order valence-electron chi connectivity index (χ1n) is 7.09. The Hall–Kier alpha value is -0.390. The van der Waals surface area contributed by atoms with E-state index >= 15 is 0 Å². The summed E-state index contributed by atoms with van der Waals surface area (Å²) in [6, 6.07) is 8.98. The molecule has 0 spiro atoms. The molecule has 1 unspecified atom stereocenters. The van der Waals surface area contributed by atoms with Gasteiger partial charge in [0.05, 0.1) is 11.5 Å². The molecule has 1 heterocycles. The van der Waals surface area contributed by atoms with Crippen molar-refractivity contribution in [2.45, 2.75) is 43.7 Å². The molecule has 1 aliphatic carbocycles. The lowest BCUT2D eigenvalue weighted by Gasteiger charge is -2.41. The summed E-state index contributed by atoms with van der Waals surface area (Å²) in [5.41, 5.74) is 1.17. The van der Waals surface area contributed by atoms with Crippen LogP contribution in [0, 0.1) is 0 Å². The van der Waals surface area contributed by atoms with Crippen molar-refractivity contribution in [2.24, 2.45) is 0 Å². The number of nitrogens with one attached hydrogen (secondary N) is 1. The highest BCUT2D eigenvalue weighted by atomic mass is 79.9. The molecule has 1 saturated carbocycles. The van der Waals surface area contributed by atoms with Crippen LogP contribution in [0.25, 0.3) is 0 Å². The second kappa shape index (κ2) is 5.11. The number of hydrogen-bond acceptors (Lipinski definition) is 3. The standard InChI is InChI=1S/C15H20BrNO2S/c1-15(6-7-20(18,19)10-15)17-14-8-12(9-14)11-2-4-13(16)5-3-11/h2-5,12,14,17H,6-10H2,1H3. The van der Waals surface area contributed by atoms with Crippen molar-refractivity contribution in [3.63, 3.8) is 0 Å². The van der Waals surface area contributed by atoms with Crippen LogP contribution in [0.15, 0.2) is 28.7 Å². The third kappa shape index (κ3) is 3.10. The quantitative estimate of drug-likeness (QED) is 0.904. The number of hydrogen-bond donors (Lipinski definition) is 1. The van der Waals surface area contributed by atoms with Gasteiger partial charge in [-0.25, -0.2) is 8.42 Å². The van der Waals surface area contributed by atoms with E-state index in [0.717, 1.165) is 23.7 Å². The van der Waals surface area contributed by atoms with Gasteiger partial charge in [0.25, 0.3) is 0 Å². The molecule has 0 aromatic heterocycles. The zero-order valence-electron chi connectivity index (χ0n) is 11.6. The van der Waals surface area contributed by atoms with E-state index in [9.17, 15) is 8.42 Å². The largest absolute Gasteiger partial charge is 0.308 e. The maximum atomic E-state index is 11.6. The molecular weight excluding hydrogens is 338 g/mol. The molecule has 3 rings (SSSR count). The second-order valence-electron chi connectivity index (χ2n) is 6.46.